The maximum Gasteiger partial charge on any atom is -0.0166 e. The summed E-state index contributed by atoms with van der Waals surface area (Å²) in [6.45, 7) is 0. The topological polar surface area (TPSA) is 0 Å². The highest BCUT2D eigenvalue weighted by atomic mass is 13.8. The van der Waals surface area contributed by atoms with Crippen molar-refractivity contribution in [3.63, 3.8) is 0 Å². The maximum absolute atomic E-state index is 2.25. The zero-order valence-electron chi connectivity index (χ0n) is 8.60. The van der Waals surface area contributed by atoms with Crippen LogP contribution in [0.1, 0.15) is 25.7 Å². The molecule has 0 amide bonds. The molecular formula is C14H18. The fourth-order valence-electron chi connectivity index (χ4n) is 1.22. The van der Waals surface area contributed by atoms with Gasteiger partial charge in [-0.05, 0) is 25.7 Å². The molecule has 0 saturated carbocycles. The van der Waals surface area contributed by atoms with Crippen LogP contribution in [0.15, 0.2) is 60.8 Å². The van der Waals surface area contributed by atoms with Crippen molar-refractivity contribution in [2.75, 3.05) is 0 Å². The van der Waals surface area contributed by atoms with Crippen LogP contribution in [-0.4, -0.2) is 0 Å². The quantitative estimate of drug-likeness (QED) is 0.494. The summed E-state index contributed by atoms with van der Waals surface area (Å²) in [5, 5.41) is 0. The molecule has 1 aliphatic carbocycles. The second-order valence-electron chi connectivity index (χ2n) is 3.23. The molecule has 0 N–H and O–H groups in total. The molecule has 0 aromatic carbocycles. The van der Waals surface area contributed by atoms with Gasteiger partial charge in [0.15, 0.2) is 0 Å². The Morgan fingerprint density at radius 1 is 0.429 bits per heavy atom. The second-order valence-corrected chi connectivity index (χ2v) is 3.23. The molecule has 0 unspecified atom stereocenters. The molecule has 0 spiro atoms. The molecule has 0 heteroatoms. The summed E-state index contributed by atoms with van der Waals surface area (Å²) >= 11 is 0. The minimum Gasteiger partial charge on any atom is -0.0879 e. The number of rotatable bonds is 0. The number of hydrogen-bond donors (Lipinski definition) is 0. The molecule has 0 fully saturated rings. The van der Waals surface area contributed by atoms with Crippen LogP contribution in [0.25, 0.3) is 0 Å². The van der Waals surface area contributed by atoms with E-state index in [0.29, 0.717) is 0 Å². The molecule has 0 bridgehead atoms. The van der Waals surface area contributed by atoms with E-state index in [-0.39, 0.29) is 0 Å². The first-order valence-corrected chi connectivity index (χ1v) is 5.28. The minimum atomic E-state index is 1.03. The Hall–Kier alpha value is -1.30. The summed E-state index contributed by atoms with van der Waals surface area (Å²) in [5.41, 5.74) is 0. The van der Waals surface area contributed by atoms with Gasteiger partial charge in [0.05, 0.1) is 0 Å². The standard InChI is InChI=1S/C14H18/c1-2-4-6-8-10-12-14-13-11-9-7-5-3-1/h1-6,9,11-12,14H,7-8,10,13H2/b2-1+,5-3-,6-4+,11-9?,14-12+. The van der Waals surface area contributed by atoms with E-state index in [2.05, 4.69) is 60.8 Å². The summed E-state index contributed by atoms with van der Waals surface area (Å²) in [7, 11) is 0. The Balaban J connectivity index is 2.45. The average molecular weight is 186 g/mol. The van der Waals surface area contributed by atoms with Crippen molar-refractivity contribution in [2.24, 2.45) is 0 Å². The van der Waals surface area contributed by atoms with Crippen LogP contribution in [0.4, 0.5) is 0 Å². The Bertz CT molecular complexity index is 262. The van der Waals surface area contributed by atoms with Crippen molar-refractivity contribution in [3.05, 3.63) is 60.8 Å². The van der Waals surface area contributed by atoms with E-state index >= 15 is 0 Å². The lowest BCUT2D eigenvalue weighted by atomic mass is 10.2. The van der Waals surface area contributed by atoms with Crippen LogP contribution in [0.3, 0.4) is 0 Å². The molecule has 0 aromatic heterocycles. The van der Waals surface area contributed by atoms with E-state index in [1.54, 1.807) is 0 Å². The predicted molar refractivity (Wildman–Crippen MR) is 64.2 cm³/mol. The van der Waals surface area contributed by atoms with E-state index in [9.17, 15) is 0 Å². The van der Waals surface area contributed by atoms with E-state index in [1.165, 1.54) is 0 Å². The first kappa shape index (κ1) is 10.8. The third kappa shape index (κ3) is 6.24. The van der Waals surface area contributed by atoms with Crippen LogP contribution in [0, 0.1) is 0 Å². The van der Waals surface area contributed by atoms with Crippen LogP contribution >= 0.6 is 0 Å². The smallest absolute Gasteiger partial charge is 0.0166 e. The van der Waals surface area contributed by atoms with Gasteiger partial charge in [-0.2, -0.15) is 0 Å². The molecule has 1 rings (SSSR count). The van der Waals surface area contributed by atoms with E-state index < -0.39 is 0 Å². The van der Waals surface area contributed by atoms with Crippen molar-refractivity contribution in [3.8, 4) is 0 Å². The van der Waals surface area contributed by atoms with Gasteiger partial charge in [-0.15, -0.1) is 0 Å². The Morgan fingerprint density at radius 2 is 1.00 bits per heavy atom. The first-order chi connectivity index (χ1) is 7.00. The van der Waals surface area contributed by atoms with Crippen molar-refractivity contribution >= 4 is 0 Å². The molecule has 14 heavy (non-hydrogen) atoms. The Kier molecular flexibility index (Phi) is 6.39. The normalized spacial score (nSPS) is 27.4. The second kappa shape index (κ2) is 8.31. The lowest BCUT2D eigenvalue weighted by Crippen LogP contribution is -1.66. The zero-order chi connectivity index (χ0) is 9.90. The van der Waals surface area contributed by atoms with Gasteiger partial charge in [0, 0.05) is 0 Å². The molecule has 0 aromatic rings. The summed E-state index contributed by atoms with van der Waals surface area (Å²) in [5.74, 6) is 0. The Labute approximate surface area is 87.0 Å². The molecule has 0 nitrogen and oxygen atoms in total. The largest absolute Gasteiger partial charge is 0.0879 e. The van der Waals surface area contributed by atoms with Gasteiger partial charge in [0.25, 0.3) is 0 Å². The van der Waals surface area contributed by atoms with Crippen LogP contribution < -0.4 is 0 Å². The summed E-state index contributed by atoms with van der Waals surface area (Å²) in [6.07, 6.45) is 26.0. The lowest BCUT2D eigenvalue weighted by Gasteiger charge is -1.87. The van der Waals surface area contributed by atoms with Crippen LogP contribution in [0.2, 0.25) is 0 Å². The molecule has 1 aliphatic rings. The highest BCUT2D eigenvalue weighted by Crippen LogP contribution is 1.97. The van der Waals surface area contributed by atoms with Crippen molar-refractivity contribution in [1.29, 1.82) is 0 Å². The van der Waals surface area contributed by atoms with Crippen molar-refractivity contribution in [1.82, 2.24) is 0 Å². The SMILES string of the molecule is C1=CC/C=C/CC/C=C/C=C/C=C\C1. The van der Waals surface area contributed by atoms with Gasteiger partial charge < -0.3 is 0 Å². The Morgan fingerprint density at radius 3 is 1.86 bits per heavy atom. The minimum absolute atomic E-state index is 1.03. The lowest BCUT2D eigenvalue weighted by molar-refractivity contribution is 1.04. The van der Waals surface area contributed by atoms with Crippen LogP contribution in [-0.2, 0) is 0 Å². The van der Waals surface area contributed by atoms with Gasteiger partial charge in [-0.3, -0.25) is 0 Å². The number of hydrogen-bond acceptors (Lipinski definition) is 0. The van der Waals surface area contributed by atoms with E-state index in [1.807, 2.05) is 0 Å². The van der Waals surface area contributed by atoms with Gasteiger partial charge in [0.2, 0.25) is 0 Å². The highest BCUT2D eigenvalue weighted by Gasteiger charge is 1.77. The van der Waals surface area contributed by atoms with Gasteiger partial charge in [-0.25, -0.2) is 0 Å². The zero-order valence-corrected chi connectivity index (χ0v) is 8.60. The fourth-order valence-corrected chi connectivity index (χ4v) is 1.22. The monoisotopic (exact) mass is 186 g/mol. The molecule has 74 valence electrons. The van der Waals surface area contributed by atoms with Gasteiger partial charge in [-0.1, -0.05) is 60.8 Å². The highest BCUT2D eigenvalue weighted by molar-refractivity contribution is 5.12. The molecule has 0 aliphatic heterocycles. The molecule has 0 heterocycles. The van der Waals surface area contributed by atoms with E-state index in [4.69, 9.17) is 0 Å². The summed E-state index contributed by atoms with van der Waals surface area (Å²) in [4.78, 5) is 0. The van der Waals surface area contributed by atoms with Crippen molar-refractivity contribution in [2.45, 2.75) is 25.7 Å². The summed E-state index contributed by atoms with van der Waals surface area (Å²) < 4.78 is 0. The molecule has 0 radical (unpaired) electrons. The third-order valence-electron chi connectivity index (χ3n) is 1.98. The average Bonchev–Trinajstić information content (AvgIpc) is 2.22. The van der Waals surface area contributed by atoms with Crippen LogP contribution in [0.5, 0.6) is 0 Å². The third-order valence-corrected chi connectivity index (χ3v) is 1.98. The van der Waals surface area contributed by atoms with Gasteiger partial charge >= 0.3 is 0 Å². The molecular weight excluding hydrogens is 168 g/mol. The molecule has 0 saturated heterocycles. The van der Waals surface area contributed by atoms with Crippen molar-refractivity contribution < 1.29 is 0 Å². The maximum atomic E-state index is 2.25. The fraction of sp³-hybridized carbons (Fsp3) is 0.286. The number of allylic oxidation sites excluding steroid dienone is 10. The first-order valence-electron chi connectivity index (χ1n) is 5.28. The molecule has 0 atom stereocenters. The summed E-state index contributed by atoms with van der Waals surface area (Å²) in [6, 6.07) is 0. The predicted octanol–water partition coefficient (Wildman–Crippen LogP) is 4.34. The van der Waals surface area contributed by atoms with E-state index in [0.717, 1.165) is 25.7 Å². The van der Waals surface area contributed by atoms with Gasteiger partial charge in [0.1, 0.15) is 0 Å².